The van der Waals surface area contributed by atoms with Gasteiger partial charge in [0.05, 0.1) is 11.6 Å². The topological polar surface area (TPSA) is 38.3 Å². The van der Waals surface area contributed by atoms with Crippen LogP contribution in [0.3, 0.4) is 0 Å². The first-order valence-corrected chi connectivity index (χ1v) is 9.50. The quantitative estimate of drug-likeness (QED) is 0.679. The molecule has 1 atom stereocenters. The number of nitrogens with one attached hydrogen (secondary N) is 1. The van der Waals surface area contributed by atoms with Gasteiger partial charge in [0.15, 0.2) is 0 Å². The minimum atomic E-state index is -0.212. The van der Waals surface area contributed by atoms with E-state index >= 15 is 0 Å². The van der Waals surface area contributed by atoms with Crippen molar-refractivity contribution < 1.29 is 9.53 Å². The number of benzene rings is 2. The van der Waals surface area contributed by atoms with E-state index in [4.69, 9.17) is 4.74 Å². The zero-order valence-corrected chi connectivity index (χ0v) is 16.2. The Balaban J connectivity index is 1.91. The van der Waals surface area contributed by atoms with Crippen molar-refractivity contribution in [2.45, 2.75) is 44.8 Å². The molecule has 0 aromatic heterocycles. The van der Waals surface area contributed by atoms with Gasteiger partial charge >= 0.3 is 0 Å². The van der Waals surface area contributed by atoms with E-state index in [-0.39, 0.29) is 17.6 Å². The monoisotopic (exact) mass is 435 g/mol. The first kappa shape index (κ1) is 17.3. The number of rotatable bonds is 4. The Morgan fingerprint density at radius 1 is 1.17 bits per heavy atom. The molecule has 24 heavy (non-hydrogen) atoms. The van der Waals surface area contributed by atoms with Gasteiger partial charge in [-0.05, 0) is 53.6 Å². The normalized spacial score (nSPS) is 18.4. The van der Waals surface area contributed by atoms with E-state index in [0.717, 1.165) is 39.7 Å². The van der Waals surface area contributed by atoms with Crippen molar-refractivity contribution in [3.8, 4) is 5.75 Å². The first-order valence-electron chi connectivity index (χ1n) is 8.42. The van der Waals surface area contributed by atoms with Crippen LogP contribution in [0.15, 0.2) is 48.5 Å². The zero-order chi connectivity index (χ0) is 17.2. The lowest BCUT2D eigenvalue weighted by Crippen LogP contribution is -2.44. The van der Waals surface area contributed by atoms with E-state index in [2.05, 4.69) is 41.8 Å². The number of hydrogen-bond donors (Lipinski definition) is 1. The summed E-state index contributed by atoms with van der Waals surface area (Å²) in [5.41, 5.74) is 1.57. The molecule has 0 bridgehead atoms. The highest BCUT2D eigenvalue weighted by Crippen LogP contribution is 2.42. The molecule has 3 rings (SSSR count). The van der Waals surface area contributed by atoms with E-state index in [1.54, 1.807) is 0 Å². The van der Waals surface area contributed by atoms with Crippen LogP contribution in [0, 0.1) is 3.57 Å². The Labute approximate surface area is 156 Å². The van der Waals surface area contributed by atoms with Gasteiger partial charge in [0, 0.05) is 15.6 Å². The number of hydrogen-bond acceptors (Lipinski definition) is 2. The first-order chi connectivity index (χ1) is 11.6. The second kappa shape index (κ2) is 7.13. The van der Waals surface area contributed by atoms with Crippen molar-refractivity contribution in [3.63, 3.8) is 0 Å². The second-order valence-corrected chi connectivity index (χ2v) is 7.40. The lowest BCUT2D eigenvalue weighted by Gasteiger charge is -2.41. The molecule has 126 valence electrons. The van der Waals surface area contributed by atoms with Gasteiger partial charge < -0.3 is 10.1 Å². The Morgan fingerprint density at radius 2 is 1.83 bits per heavy atom. The molecular formula is C20H22INO2. The minimum Gasteiger partial charge on any atom is -0.487 e. The SMILES string of the molecule is CCC1(CC)C[C@H](NC(=O)c2ccccc2I)c2ccccc2O1. The maximum Gasteiger partial charge on any atom is 0.252 e. The molecule has 0 saturated carbocycles. The highest BCUT2D eigenvalue weighted by Gasteiger charge is 2.39. The van der Waals surface area contributed by atoms with Crippen LogP contribution in [-0.2, 0) is 0 Å². The van der Waals surface area contributed by atoms with E-state index in [1.807, 2.05) is 48.5 Å². The molecule has 3 nitrogen and oxygen atoms in total. The van der Waals surface area contributed by atoms with Crippen LogP contribution in [0.4, 0.5) is 0 Å². The molecule has 2 aromatic rings. The number of carbonyl (C=O) groups is 1. The van der Waals surface area contributed by atoms with Crippen molar-refractivity contribution in [2.75, 3.05) is 0 Å². The highest BCUT2D eigenvalue weighted by molar-refractivity contribution is 14.1. The van der Waals surface area contributed by atoms with Crippen molar-refractivity contribution in [1.29, 1.82) is 0 Å². The van der Waals surface area contributed by atoms with Gasteiger partial charge in [-0.1, -0.05) is 44.2 Å². The van der Waals surface area contributed by atoms with Crippen LogP contribution in [-0.4, -0.2) is 11.5 Å². The van der Waals surface area contributed by atoms with Gasteiger partial charge in [0.1, 0.15) is 11.4 Å². The summed E-state index contributed by atoms with van der Waals surface area (Å²) in [6.45, 7) is 4.30. The summed E-state index contributed by atoms with van der Waals surface area (Å²) in [6, 6.07) is 15.7. The predicted molar refractivity (Wildman–Crippen MR) is 104 cm³/mol. The molecule has 1 N–H and O–H groups in total. The fraction of sp³-hybridized carbons (Fsp3) is 0.350. The molecule has 4 heteroatoms. The smallest absolute Gasteiger partial charge is 0.252 e. The third-order valence-electron chi connectivity index (χ3n) is 4.91. The standard InChI is InChI=1S/C20H22INO2/c1-3-20(4-2)13-17(15-10-6-8-12-18(15)24-20)22-19(23)14-9-5-7-11-16(14)21/h5-12,17H,3-4,13H2,1-2H3,(H,22,23)/t17-/m0/s1. The third-order valence-corrected chi connectivity index (χ3v) is 5.85. The second-order valence-electron chi connectivity index (χ2n) is 6.24. The average molecular weight is 435 g/mol. The lowest BCUT2D eigenvalue weighted by molar-refractivity contribution is 0.0227. The van der Waals surface area contributed by atoms with Crippen LogP contribution >= 0.6 is 22.6 Å². The van der Waals surface area contributed by atoms with Gasteiger partial charge in [-0.2, -0.15) is 0 Å². The molecule has 0 fully saturated rings. The number of para-hydroxylation sites is 1. The van der Waals surface area contributed by atoms with Crippen LogP contribution < -0.4 is 10.1 Å². The Bertz CT molecular complexity index is 740. The van der Waals surface area contributed by atoms with E-state index in [9.17, 15) is 4.79 Å². The number of amides is 1. The zero-order valence-electron chi connectivity index (χ0n) is 14.0. The van der Waals surface area contributed by atoms with Crippen LogP contribution in [0.25, 0.3) is 0 Å². The van der Waals surface area contributed by atoms with Crippen LogP contribution in [0.1, 0.15) is 55.1 Å². The Morgan fingerprint density at radius 3 is 2.54 bits per heavy atom. The maximum atomic E-state index is 12.8. The predicted octanol–water partition coefficient (Wildman–Crippen LogP) is 5.10. The van der Waals surface area contributed by atoms with Crippen molar-refractivity contribution in [1.82, 2.24) is 5.32 Å². The van der Waals surface area contributed by atoms with Crippen LogP contribution in [0.2, 0.25) is 0 Å². The van der Waals surface area contributed by atoms with Crippen molar-refractivity contribution >= 4 is 28.5 Å². The summed E-state index contributed by atoms with van der Waals surface area (Å²) in [7, 11) is 0. The van der Waals surface area contributed by atoms with Crippen LogP contribution in [0.5, 0.6) is 5.75 Å². The number of halogens is 1. The van der Waals surface area contributed by atoms with Gasteiger partial charge in [0.2, 0.25) is 0 Å². The van der Waals surface area contributed by atoms with E-state index < -0.39 is 0 Å². The highest BCUT2D eigenvalue weighted by atomic mass is 127. The maximum absolute atomic E-state index is 12.8. The molecule has 0 unspecified atom stereocenters. The molecule has 2 aromatic carbocycles. The Hall–Kier alpha value is -1.56. The van der Waals surface area contributed by atoms with Gasteiger partial charge in [-0.3, -0.25) is 4.79 Å². The minimum absolute atomic E-state index is 0.0252. The van der Waals surface area contributed by atoms with Gasteiger partial charge in [-0.15, -0.1) is 0 Å². The molecule has 0 aliphatic carbocycles. The summed E-state index contributed by atoms with van der Waals surface area (Å²) < 4.78 is 7.27. The van der Waals surface area contributed by atoms with Gasteiger partial charge in [-0.25, -0.2) is 0 Å². The fourth-order valence-electron chi connectivity index (χ4n) is 3.31. The van der Waals surface area contributed by atoms with Crippen molar-refractivity contribution in [3.05, 3.63) is 63.2 Å². The summed E-state index contributed by atoms with van der Waals surface area (Å²) in [6.07, 6.45) is 2.65. The molecule has 1 aliphatic rings. The van der Waals surface area contributed by atoms with E-state index in [0.29, 0.717) is 0 Å². The summed E-state index contributed by atoms with van der Waals surface area (Å²) in [5, 5.41) is 3.23. The van der Waals surface area contributed by atoms with Crippen molar-refractivity contribution in [2.24, 2.45) is 0 Å². The fourth-order valence-corrected chi connectivity index (χ4v) is 3.94. The molecule has 0 spiro atoms. The number of ether oxygens (including phenoxy) is 1. The molecule has 1 heterocycles. The summed E-state index contributed by atoms with van der Waals surface area (Å²) in [5.74, 6) is 0.864. The van der Waals surface area contributed by atoms with Gasteiger partial charge in [0.25, 0.3) is 5.91 Å². The number of fused-ring (bicyclic) bond motifs is 1. The third kappa shape index (κ3) is 3.29. The van der Waals surface area contributed by atoms with E-state index in [1.165, 1.54) is 0 Å². The average Bonchev–Trinajstić information content (AvgIpc) is 2.61. The molecule has 1 amide bonds. The Kier molecular flexibility index (Phi) is 5.13. The largest absolute Gasteiger partial charge is 0.487 e. The lowest BCUT2D eigenvalue weighted by atomic mass is 9.83. The molecule has 0 saturated heterocycles. The molecular weight excluding hydrogens is 413 g/mol. The summed E-state index contributed by atoms with van der Waals surface area (Å²) >= 11 is 2.21. The molecule has 1 aliphatic heterocycles. The molecule has 0 radical (unpaired) electrons. The summed E-state index contributed by atoms with van der Waals surface area (Å²) in [4.78, 5) is 12.8. The number of carbonyl (C=O) groups excluding carboxylic acids is 1.